The van der Waals surface area contributed by atoms with Crippen molar-refractivity contribution in [2.24, 2.45) is 0 Å². The molecule has 0 amide bonds. The standard InChI is InChI=1S/C17H18N4O2/c1-12-2-3-13-14(10-12)23-17(19-13)11-15-18-5-4-16(20-15)21-6-8-22-9-7-21/h2-5,10H,6-9,11H2,1H3. The summed E-state index contributed by atoms with van der Waals surface area (Å²) in [5.74, 6) is 2.30. The molecule has 0 radical (unpaired) electrons. The molecule has 6 nitrogen and oxygen atoms in total. The molecule has 0 bridgehead atoms. The Kier molecular flexibility index (Phi) is 3.67. The van der Waals surface area contributed by atoms with Crippen LogP contribution in [0.4, 0.5) is 5.82 Å². The summed E-state index contributed by atoms with van der Waals surface area (Å²) in [7, 11) is 0. The number of morpholine rings is 1. The Hall–Kier alpha value is -2.47. The molecule has 23 heavy (non-hydrogen) atoms. The fraction of sp³-hybridized carbons (Fsp3) is 0.353. The van der Waals surface area contributed by atoms with Crippen molar-refractivity contribution in [3.05, 3.63) is 47.7 Å². The topological polar surface area (TPSA) is 64.3 Å². The lowest BCUT2D eigenvalue weighted by Crippen LogP contribution is -2.36. The number of fused-ring (bicyclic) bond motifs is 1. The minimum absolute atomic E-state index is 0.492. The second-order valence-corrected chi connectivity index (χ2v) is 5.69. The zero-order chi connectivity index (χ0) is 15.6. The molecule has 0 aliphatic carbocycles. The quantitative estimate of drug-likeness (QED) is 0.740. The number of hydrogen-bond donors (Lipinski definition) is 0. The summed E-state index contributed by atoms with van der Waals surface area (Å²) in [4.78, 5) is 15.7. The summed E-state index contributed by atoms with van der Waals surface area (Å²) in [5.41, 5.74) is 2.84. The maximum Gasteiger partial charge on any atom is 0.203 e. The Labute approximate surface area is 134 Å². The molecule has 0 saturated carbocycles. The highest BCUT2D eigenvalue weighted by Gasteiger charge is 2.14. The van der Waals surface area contributed by atoms with E-state index in [4.69, 9.17) is 9.15 Å². The van der Waals surface area contributed by atoms with Crippen LogP contribution in [0.1, 0.15) is 17.3 Å². The SMILES string of the molecule is Cc1ccc2nc(Cc3nccc(N4CCOCC4)n3)oc2c1. The second-order valence-electron chi connectivity index (χ2n) is 5.69. The van der Waals surface area contributed by atoms with Crippen LogP contribution in [0, 0.1) is 6.92 Å². The van der Waals surface area contributed by atoms with Gasteiger partial charge >= 0.3 is 0 Å². The maximum absolute atomic E-state index is 5.81. The van der Waals surface area contributed by atoms with Crippen molar-refractivity contribution >= 4 is 16.9 Å². The van der Waals surface area contributed by atoms with Gasteiger partial charge in [-0.15, -0.1) is 0 Å². The molecule has 0 unspecified atom stereocenters. The van der Waals surface area contributed by atoms with Crippen LogP contribution in [-0.4, -0.2) is 41.3 Å². The van der Waals surface area contributed by atoms with Gasteiger partial charge in [0.05, 0.1) is 19.6 Å². The molecule has 1 saturated heterocycles. The molecular weight excluding hydrogens is 292 g/mol. The van der Waals surface area contributed by atoms with Gasteiger partial charge in [-0.1, -0.05) is 6.07 Å². The van der Waals surface area contributed by atoms with Crippen LogP contribution in [0.15, 0.2) is 34.9 Å². The number of aromatic nitrogens is 3. The number of ether oxygens (including phenoxy) is 1. The normalized spacial score (nSPS) is 15.3. The van der Waals surface area contributed by atoms with Crippen LogP contribution >= 0.6 is 0 Å². The second kappa shape index (κ2) is 5.96. The number of nitrogens with zero attached hydrogens (tertiary/aromatic N) is 4. The first-order valence-electron chi connectivity index (χ1n) is 7.79. The van der Waals surface area contributed by atoms with Gasteiger partial charge in [0.15, 0.2) is 5.58 Å². The Morgan fingerprint density at radius 3 is 2.87 bits per heavy atom. The predicted octanol–water partition coefficient (Wildman–Crippen LogP) is 2.35. The predicted molar refractivity (Wildman–Crippen MR) is 86.6 cm³/mol. The minimum Gasteiger partial charge on any atom is -0.440 e. The van der Waals surface area contributed by atoms with Crippen molar-refractivity contribution in [3.63, 3.8) is 0 Å². The molecule has 3 aromatic rings. The van der Waals surface area contributed by atoms with Gasteiger partial charge in [-0.05, 0) is 30.7 Å². The van der Waals surface area contributed by atoms with E-state index in [-0.39, 0.29) is 0 Å². The highest BCUT2D eigenvalue weighted by atomic mass is 16.5. The van der Waals surface area contributed by atoms with Crippen molar-refractivity contribution in [1.29, 1.82) is 0 Å². The summed E-state index contributed by atoms with van der Waals surface area (Å²) in [6, 6.07) is 7.94. The fourth-order valence-corrected chi connectivity index (χ4v) is 2.73. The third-order valence-electron chi connectivity index (χ3n) is 3.92. The van der Waals surface area contributed by atoms with Gasteiger partial charge in [0.2, 0.25) is 5.89 Å². The first-order chi connectivity index (χ1) is 11.3. The third kappa shape index (κ3) is 3.03. The van der Waals surface area contributed by atoms with Crippen LogP contribution < -0.4 is 4.90 Å². The number of benzene rings is 1. The van der Waals surface area contributed by atoms with E-state index in [1.165, 1.54) is 0 Å². The Morgan fingerprint density at radius 2 is 2.00 bits per heavy atom. The van der Waals surface area contributed by atoms with Gasteiger partial charge in [-0.3, -0.25) is 0 Å². The highest BCUT2D eigenvalue weighted by molar-refractivity contribution is 5.73. The lowest BCUT2D eigenvalue weighted by atomic mass is 10.2. The van der Waals surface area contributed by atoms with Gasteiger partial charge in [-0.2, -0.15) is 0 Å². The average Bonchev–Trinajstić information content (AvgIpc) is 2.97. The molecule has 2 aromatic heterocycles. The van der Waals surface area contributed by atoms with Crippen molar-refractivity contribution < 1.29 is 9.15 Å². The molecular formula is C17H18N4O2. The van der Waals surface area contributed by atoms with E-state index in [1.54, 1.807) is 6.20 Å². The van der Waals surface area contributed by atoms with Crippen molar-refractivity contribution in [3.8, 4) is 0 Å². The van der Waals surface area contributed by atoms with Crippen LogP contribution in [0.25, 0.3) is 11.1 Å². The monoisotopic (exact) mass is 310 g/mol. The average molecular weight is 310 g/mol. The molecule has 6 heteroatoms. The molecule has 1 aliphatic heterocycles. The number of anilines is 1. The van der Waals surface area contributed by atoms with E-state index in [1.807, 2.05) is 31.2 Å². The highest BCUT2D eigenvalue weighted by Crippen LogP contribution is 2.19. The molecule has 1 aromatic carbocycles. The summed E-state index contributed by atoms with van der Waals surface area (Å²) in [6.45, 7) is 5.24. The largest absolute Gasteiger partial charge is 0.440 e. The summed E-state index contributed by atoms with van der Waals surface area (Å²) in [5, 5.41) is 0. The molecule has 1 aliphatic rings. The number of aryl methyl sites for hydroxylation is 1. The van der Waals surface area contributed by atoms with E-state index in [9.17, 15) is 0 Å². The van der Waals surface area contributed by atoms with Crippen LogP contribution in [0.5, 0.6) is 0 Å². The molecule has 0 atom stereocenters. The van der Waals surface area contributed by atoms with Crippen molar-refractivity contribution in [2.75, 3.05) is 31.2 Å². The zero-order valence-corrected chi connectivity index (χ0v) is 13.0. The van der Waals surface area contributed by atoms with Gasteiger partial charge in [-0.25, -0.2) is 15.0 Å². The molecule has 0 N–H and O–H groups in total. The lowest BCUT2D eigenvalue weighted by molar-refractivity contribution is 0.122. The van der Waals surface area contributed by atoms with E-state index >= 15 is 0 Å². The molecule has 3 heterocycles. The first-order valence-corrected chi connectivity index (χ1v) is 7.79. The Bertz CT molecular complexity index is 824. The number of rotatable bonds is 3. The van der Waals surface area contributed by atoms with Crippen LogP contribution in [-0.2, 0) is 11.2 Å². The zero-order valence-electron chi connectivity index (χ0n) is 13.0. The maximum atomic E-state index is 5.81. The van der Waals surface area contributed by atoms with Gasteiger partial charge in [0.1, 0.15) is 17.2 Å². The summed E-state index contributed by atoms with van der Waals surface area (Å²) in [6.07, 6.45) is 2.28. The summed E-state index contributed by atoms with van der Waals surface area (Å²) < 4.78 is 11.2. The summed E-state index contributed by atoms with van der Waals surface area (Å²) >= 11 is 0. The van der Waals surface area contributed by atoms with Crippen LogP contribution in [0.2, 0.25) is 0 Å². The molecule has 4 rings (SSSR count). The Morgan fingerprint density at radius 1 is 1.13 bits per heavy atom. The van der Waals surface area contributed by atoms with Gasteiger partial charge in [0, 0.05) is 19.3 Å². The lowest BCUT2D eigenvalue weighted by Gasteiger charge is -2.27. The number of hydrogen-bond acceptors (Lipinski definition) is 6. The number of oxazole rings is 1. The fourth-order valence-electron chi connectivity index (χ4n) is 2.73. The van der Waals surface area contributed by atoms with Crippen LogP contribution in [0.3, 0.4) is 0 Å². The van der Waals surface area contributed by atoms with E-state index in [0.29, 0.717) is 12.3 Å². The van der Waals surface area contributed by atoms with E-state index in [0.717, 1.165) is 54.6 Å². The van der Waals surface area contributed by atoms with E-state index in [2.05, 4.69) is 19.9 Å². The molecule has 1 fully saturated rings. The molecule has 0 spiro atoms. The van der Waals surface area contributed by atoms with Crippen molar-refractivity contribution in [2.45, 2.75) is 13.3 Å². The van der Waals surface area contributed by atoms with Gasteiger partial charge < -0.3 is 14.1 Å². The third-order valence-corrected chi connectivity index (χ3v) is 3.92. The smallest absolute Gasteiger partial charge is 0.203 e. The Balaban J connectivity index is 1.57. The van der Waals surface area contributed by atoms with E-state index < -0.39 is 0 Å². The first kappa shape index (κ1) is 14.1. The van der Waals surface area contributed by atoms with Crippen molar-refractivity contribution in [1.82, 2.24) is 15.0 Å². The minimum atomic E-state index is 0.492. The molecule has 118 valence electrons. The van der Waals surface area contributed by atoms with Gasteiger partial charge in [0.25, 0.3) is 0 Å².